The zero-order valence-electron chi connectivity index (χ0n) is 27.0. The lowest BCUT2D eigenvalue weighted by molar-refractivity contribution is 0.103. The van der Waals surface area contributed by atoms with E-state index < -0.39 is 6.10 Å². The van der Waals surface area contributed by atoms with Crippen LogP contribution in [0.2, 0.25) is 0 Å². The minimum Gasteiger partial charge on any atom is -0.497 e. The molecule has 2 atom stereocenters. The summed E-state index contributed by atoms with van der Waals surface area (Å²) in [6.07, 6.45) is 0.879. The van der Waals surface area contributed by atoms with Crippen molar-refractivity contribution in [1.29, 1.82) is 0 Å². The van der Waals surface area contributed by atoms with E-state index >= 15 is 0 Å². The van der Waals surface area contributed by atoms with Gasteiger partial charge < -0.3 is 35.1 Å². The molecule has 5 aromatic rings. The molecule has 244 valence electrons. The standard InChI is InChI=1S/C40H44N2O5/c1-44-35-17-13-31(14-18-35)38(32-15-19-36(45-2)20-16-32)24-33(23-29-9-5-3-6-10-29)42-26-34(43)28-46-37-21-22-40(39(41)25-37)47-27-30-11-7-4-8-12-30/h3-22,25,33-34,38,42-43H,23-24,26-28,41H2,1-2H3/t33?,34-/m0/s1. The normalized spacial score (nSPS) is 12.3. The van der Waals surface area contributed by atoms with Crippen molar-refractivity contribution >= 4 is 5.69 Å². The molecule has 5 rings (SSSR count). The summed E-state index contributed by atoms with van der Waals surface area (Å²) in [5, 5.41) is 14.6. The number of hydrogen-bond acceptors (Lipinski definition) is 7. The van der Waals surface area contributed by atoms with Crippen LogP contribution < -0.4 is 30.0 Å². The van der Waals surface area contributed by atoms with Crippen LogP contribution in [-0.2, 0) is 13.0 Å². The van der Waals surface area contributed by atoms with Crippen molar-refractivity contribution in [2.75, 3.05) is 33.1 Å². The van der Waals surface area contributed by atoms with Crippen molar-refractivity contribution in [1.82, 2.24) is 5.32 Å². The predicted octanol–water partition coefficient (Wildman–Crippen LogP) is 7.03. The van der Waals surface area contributed by atoms with Crippen LogP contribution >= 0.6 is 0 Å². The summed E-state index contributed by atoms with van der Waals surface area (Å²) in [5.74, 6) is 2.91. The zero-order chi connectivity index (χ0) is 32.8. The summed E-state index contributed by atoms with van der Waals surface area (Å²) in [4.78, 5) is 0. The largest absolute Gasteiger partial charge is 0.497 e. The molecule has 5 aromatic carbocycles. The monoisotopic (exact) mass is 632 g/mol. The quantitative estimate of drug-likeness (QED) is 0.0948. The minimum atomic E-state index is -0.732. The van der Waals surface area contributed by atoms with Crippen molar-refractivity contribution in [3.8, 4) is 23.0 Å². The van der Waals surface area contributed by atoms with Crippen LogP contribution in [0.25, 0.3) is 0 Å². The SMILES string of the molecule is COc1ccc(C(CC(Cc2ccccc2)NC[C@H](O)COc2ccc(OCc3ccccc3)c(N)c2)c2ccc(OC)cc2)cc1. The van der Waals surface area contributed by atoms with Gasteiger partial charge in [0.15, 0.2) is 0 Å². The Morgan fingerprint density at radius 2 is 1.21 bits per heavy atom. The number of benzene rings is 5. The highest BCUT2D eigenvalue weighted by Crippen LogP contribution is 2.33. The first-order valence-electron chi connectivity index (χ1n) is 15.9. The Labute approximate surface area is 277 Å². The summed E-state index contributed by atoms with van der Waals surface area (Å²) < 4.78 is 22.7. The summed E-state index contributed by atoms with van der Waals surface area (Å²) in [5.41, 5.74) is 11.4. The zero-order valence-corrected chi connectivity index (χ0v) is 27.0. The lowest BCUT2D eigenvalue weighted by Crippen LogP contribution is -2.40. The van der Waals surface area contributed by atoms with Crippen molar-refractivity contribution in [3.05, 3.63) is 150 Å². The van der Waals surface area contributed by atoms with Gasteiger partial charge >= 0.3 is 0 Å². The van der Waals surface area contributed by atoms with Crippen LogP contribution in [0, 0.1) is 0 Å². The predicted molar refractivity (Wildman–Crippen MR) is 188 cm³/mol. The summed E-state index contributed by atoms with van der Waals surface area (Å²) in [6.45, 7) is 0.913. The van der Waals surface area contributed by atoms with Gasteiger partial charge in [-0.3, -0.25) is 0 Å². The second kappa shape index (κ2) is 17.1. The number of nitrogen functional groups attached to an aromatic ring is 1. The van der Waals surface area contributed by atoms with Crippen LogP contribution in [0.5, 0.6) is 23.0 Å². The van der Waals surface area contributed by atoms with Crippen molar-refractivity contribution < 1.29 is 24.1 Å². The Kier molecular flexibility index (Phi) is 12.1. The number of nitrogens with two attached hydrogens (primary N) is 1. The third-order valence-corrected chi connectivity index (χ3v) is 8.18. The second-order valence-corrected chi connectivity index (χ2v) is 11.6. The topological polar surface area (TPSA) is 95.2 Å². The summed E-state index contributed by atoms with van der Waals surface area (Å²) >= 11 is 0. The maximum atomic E-state index is 11.0. The average Bonchev–Trinajstić information content (AvgIpc) is 3.12. The fourth-order valence-electron chi connectivity index (χ4n) is 5.60. The number of aliphatic hydroxyl groups is 1. The number of nitrogens with one attached hydrogen (secondary N) is 1. The number of rotatable bonds is 17. The van der Waals surface area contributed by atoms with Crippen LogP contribution in [0.3, 0.4) is 0 Å². The Morgan fingerprint density at radius 3 is 1.77 bits per heavy atom. The second-order valence-electron chi connectivity index (χ2n) is 11.6. The molecule has 0 aliphatic carbocycles. The van der Waals surface area contributed by atoms with Gasteiger partial charge in [0.2, 0.25) is 0 Å². The highest BCUT2D eigenvalue weighted by Gasteiger charge is 2.22. The lowest BCUT2D eigenvalue weighted by Gasteiger charge is -2.27. The average molecular weight is 633 g/mol. The molecule has 1 unspecified atom stereocenters. The van der Waals surface area contributed by atoms with Gasteiger partial charge in [-0.2, -0.15) is 0 Å². The number of aliphatic hydroxyl groups excluding tert-OH is 1. The molecule has 7 heteroatoms. The van der Waals surface area contributed by atoms with Gasteiger partial charge in [-0.05, 0) is 71.5 Å². The lowest BCUT2D eigenvalue weighted by atomic mass is 9.84. The number of ether oxygens (including phenoxy) is 4. The molecule has 47 heavy (non-hydrogen) atoms. The summed E-state index contributed by atoms with van der Waals surface area (Å²) in [6, 6.07) is 42.3. The van der Waals surface area contributed by atoms with Gasteiger partial charge in [-0.1, -0.05) is 84.9 Å². The molecule has 0 heterocycles. The van der Waals surface area contributed by atoms with E-state index in [0.29, 0.717) is 30.3 Å². The molecule has 0 aromatic heterocycles. The molecule has 0 radical (unpaired) electrons. The molecular weight excluding hydrogens is 588 g/mol. The van der Waals surface area contributed by atoms with Crippen LogP contribution in [0.1, 0.15) is 34.6 Å². The van der Waals surface area contributed by atoms with E-state index in [-0.39, 0.29) is 18.6 Å². The highest BCUT2D eigenvalue weighted by molar-refractivity contribution is 5.56. The number of anilines is 1. The molecule has 4 N–H and O–H groups in total. The van der Waals surface area contributed by atoms with E-state index in [1.54, 1.807) is 26.4 Å². The van der Waals surface area contributed by atoms with E-state index in [0.717, 1.165) is 29.9 Å². The van der Waals surface area contributed by atoms with Gasteiger partial charge in [-0.15, -0.1) is 0 Å². The van der Waals surface area contributed by atoms with E-state index in [1.165, 1.54) is 16.7 Å². The Morgan fingerprint density at radius 1 is 0.660 bits per heavy atom. The summed E-state index contributed by atoms with van der Waals surface area (Å²) in [7, 11) is 3.35. The maximum absolute atomic E-state index is 11.0. The third kappa shape index (κ3) is 10.0. The molecule has 0 aliphatic heterocycles. The van der Waals surface area contributed by atoms with Crippen LogP contribution in [0.4, 0.5) is 5.69 Å². The van der Waals surface area contributed by atoms with Crippen LogP contribution in [-0.4, -0.2) is 44.6 Å². The molecule has 0 saturated heterocycles. The van der Waals surface area contributed by atoms with Crippen molar-refractivity contribution in [2.24, 2.45) is 0 Å². The van der Waals surface area contributed by atoms with Crippen molar-refractivity contribution in [2.45, 2.75) is 37.5 Å². The fraction of sp³-hybridized carbons (Fsp3) is 0.250. The first kappa shape index (κ1) is 33.4. The van der Waals surface area contributed by atoms with Gasteiger partial charge in [0.25, 0.3) is 0 Å². The van der Waals surface area contributed by atoms with Crippen molar-refractivity contribution in [3.63, 3.8) is 0 Å². The van der Waals surface area contributed by atoms with E-state index in [2.05, 4.69) is 53.8 Å². The van der Waals surface area contributed by atoms with Gasteiger partial charge in [-0.25, -0.2) is 0 Å². The van der Waals surface area contributed by atoms with E-state index in [1.807, 2.05) is 66.7 Å². The molecule has 0 saturated carbocycles. The van der Waals surface area contributed by atoms with Gasteiger partial charge in [0, 0.05) is 24.6 Å². The fourth-order valence-corrected chi connectivity index (χ4v) is 5.60. The van der Waals surface area contributed by atoms with Crippen LogP contribution in [0.15, 0.2) is 127 Å². The smallest absolute Gasteiger partial charge is 0.142 e. The molecule has 0 bridgehead atoms. The Balaban J connectivity index is 1.24. The molecule has 0 aliphatic rings. The molecule has 0 amide bonds. The Bertz CT molecular complexity index is 1580. The minimum absolute atomic E-state index is 0.0675. The number of hydrogen-bond donors (Lipinski definition) is 3. The van der Waals surface area contributed by atoms with E-state index in [4.69, 9.17) is 24.7 Å². The third-order valence-electron chi connectivity index (χ3n) is 8.18. The Hall–Kier alpha value is -4.98. The first-order chi connectivity index (χ1) is 23.0. The molecular formula is C40H44N2O5. The van der Waals surface area contributed by atoms with E-state index in [9.17, 15) is 5.11 Å². The highest BCUT2D eigenvalue weighted by atomic mass is 16.5. The van der Waals surface area contributed by atoms with Gasteiger partial charge in [0.1, 0.15) is 42.3 Å². The molecule has 0 fully saturated rings. The first-order valence-corrected chi connectivity index (χ1v) is 15.9. The maximum Gasteiger partial charge on any atom is 0.142 e. The molecule has 0 spiro atoms. The van der Waals surface area contributed by atoms with Gasteiger partial charge in [0.05, 0.1) is 19.9 Å². The number of methoxy groups -OCH3 is 2. The molecule has 7 nitrogen and oxygen atoms in total.